The maximum absolute atomic E-state index is 12.8. The summed E-state index contributed by atoms with van der Waals surface area (Å²) in [5.74, 6) is 0. The number of nitrogens with zero attached hydrogens (tertiary/aromatic N) is 2. The Morgan fingerprint density at radius 1 is 1.15 bits per heavy atom. The van der Waals surface area contributed by atoms with Crippen molar-refractivity contribution in [1.82, 2.24) is 9.80 Å². The van der Waals surface area contributed by atoms with E-state index in [4.69, 9.17) is 0 Å². The van der Waals surface area contributed by atoms with E-state index in [1.807, 2.05) is 61.5 Å². The van der Waals surface area contributed by atoms with E-state index in [0.717, 1.165) is 42.7 Å². The van der Waals surface area contributed by atoms with Gasteiger partial charge in [0, 0.05) is 30.7 Å². The van der Waals surface area contributed by atoms with Gasteiger partial charge in [-0.1, -0.05) is 42.5 Å². The molecule has 1 heterocycles. The number of hydrogen-bond donors (Lipinski definition) is 2. The van der Waals surface area contributed by atoms with E-state index in [1.54, 1.807) is 0 Å². The molecule has 0 aromatic heterocycles. The van der Waals surface area contributed by atoms with E-state index >= 15 is 0 Å². The van der Waals surface area contributed by atoms with Crippen LogP contribution in [-0.4, -0.2) is 61.3 Å². The SMILES string of the molecule is CN(C)CC1(CO)CCCN(C(=O)Nc2cccc(-c3ccccc3)c2)C1. The molecule has 3 rings (SSSR count). The number of amides is 2. The second-order valence-corrected chi connectivity index (χ2v) is 7.80. The van der Waals surface area contributed by atoms with Crippen molar-refractivity contribution in [3.8, 4) is 11.1 Å². The summed E-state index contributed by atoms with van der Waals surface area (Å²) in [6.07, 6.45) is 1.85. The second-order valence-electron chi connectivity index (χ2n) is 7.80. The molecular formula is C22H29N3O2. The minimum absolute atomic E-state index is 0.0957. The molecule has 1 fully saturated rings. The third kappa shape index (κ3) is 4.87. The summed E-state index contributed by atoms with van der Waals surface area (Å²) in [6, 6.07) is 17.9. The number of carbonyl (C=O) groups excluding carboxylic acids is 1. The molecule has 0 spiro atoms. The predicted octanol–water partition coefficient (Wildman–Crippen LogP) is 3.52. The lowest BCUT2D eigenvalue weighted by Gasteiger charge is -2.43. The number of aliphatic hydroxyl groups excluding tert-OH is 1. The van der Waals surface area contributed by atoms with Crippen molar-refractivity contribution in [2.45, 2.75) is 12.8 Å². The first-order valence-electron chi connectivity index (χ1n) is 9.48. The van der Waals surface area contributed by atoms with E-state index in [-0.39, 0.29) is 18.1 Å². The van der Waals surface area contributed by atoms with E-state index in [9.17, 15) is 9.90 Å². The fourth-order valence-corrected chi connectivity index (χ4v) is 3.97. The molecule has 0 aliphatic carbocycles. The lowest BCUT2D eigenvalue weighted by molar-refractivity contribution is 0.0294. The Morgan fingerprint density at radius 2 is 1.89 bits per heavy atom. The van der Waals surface area contributed by atoms with Crippen LogP contribution in [0.15, 0.2) is 54.6 Å². The van der Waals surface area contributed by atoms with Gasteiger partial charge in [-0.3, -0.25) is 0 Å². The Morgan fingerprint density at radius 3 is 2.59 bits per heavy atom. The normalized spacial score (nSPS) is 19.9. The fourth-order valence-electron chi connectivity index (χ4n) is 3.97. The monoisotopic (exact) mass is 367 g/mol. The fraction of sp³-hybridized carbons (Fsp3) is 0.409. The molecule has 1 aliphatic heterocycles. The van der Waals surface area contributed by atoms with Crippen LogP contribution in [0.3, 0.4) is 0 Å². The van der Waals surface area contributed by atoms with E-state index in [2.05, 4.69) is 22.3 Å². The minimum Gasteiger partial charge on any atom is -0.396 e. The first kappa shape index (κ1) is 19.4. The predicted molar refractivity (Wildman–Crippen MR) is 110 cm³/mol. The highest BCUT2D eigenvalue weighted by atomic mass is 16.3. The Labute approximate surface area is 161 Å². The zero-order valence-corrected chi connectivity index (χ0v) is 16.2. The number of hydrogen-bond acceptors (Lipinski definition) is 3. The molecule has 2 N–H and O–H groups in total. The minimum atomic E-state index is -0.245. The van der Waals surface area contributed by atoms with Gasteiger partial charge in [-0.25, -0.2) is 4.79 Å². The molecular weight excluding hydrogens is 338 g/mol. The number of nitrogens with one attached hydrogen (secondary N) is 1. The molecule has 1 saturated heterocycles. The molecule has 2 aromatic carbocycles. The van der Waals surface area contributed by atoms with Crippen LogP contribution in [0.5, 0.6) is 0 Å². The van der Waals surface area contributed by atoms with E-state index in [1.165, 1.54) is 0 Å². The van der Waals surface area contributed by atoms with E-state index in [0.29, 0.717) is 6.54 Å². The van der Waals surface area contributed by atoms with Crippen LogP contribution < -0.4 is 5.32 Å². The summed E-state index contributed by atoms with van der Waals surface area (Å²) in [6.45, 7) is 2.17. The third-order valence-electron chi connectivity index (χ3n) is 5.16. The molecule has 0 saturated carbocycles. The third-order valence-corrected chi connectivity index (χ3v) is 5.16. The van der Waals surface area contributed by atoms with Gasteiger partial charge in [-0.05, 0) is 50.2 Å². The number of rotatable bonds is 5. The number of benzene rings is 2. The highest BCUT2D eigenvalue weighted by Crippen LogP contribution is 2.31. The first-order chi connectivity index (χ1) is 13.0. The van der Waals surface area contributed by atoms with Gasteiger partial charge in [0.05, 0.1) is 6.61 Å². The smallest absolute Gasteiger partial charge is 0.321 e. The number of urea groups is 1. The molecule has 0 radical (unpaired) electrons. The van der Waals surface area contributed by atoms with Crippen molar-refractivity contribution in [3.63, 3.8) is 0 Å². The largest absolute Gasteiger partial charge is 0.396 e. The first-order valence-corrected chi connectivity index (χ1v) is 9.48. The molecule has 2 aromatic rings. The van der Waals surface area contributed by atoms with Crippen LogP contribution in [0.25, 0.3) is 11.1 Å². The summed E-state index contributed by atoms with van der Waals surface area (Å²) in [5.41, 5.74) is 2.74. The van der Waals surface area contributed by atoms with Crippen LogP contribution in [0.4, 0.5) is 10.5 Å². The topological polar surface area (TPSA) is 55.8 Å². The van der Waals surface area contributed by atoms with Gasteiger partial charge < -0.3 is 20.2 Å². The van der Waals surface area contributed by atoms with Gasteiger partial charge in [0.2, 0.25) is 0 Å². The molecule has 5 nitrogen and oxygen atoms in total. The molecule has 1 unspecified atom stereocenters. The number of likely N-dealkylation sites (tertiary alicyclic amines) is 1. The lowest BCUT2D eigenvalue weighted by Crippen LogP contribution is -2.52. The van der Waals surface area contributed by atoms with Crippen LogP contribution in [-0.2, 0) is 0 Å². The summed E-state index contributed by atoms with van der Waals surface area (Å²) in [7, 11) is 4.01. The van der Waals surface area contributed by atoms with Crippen molar-refractivity contribution >= 4 is 11.7 Å². The number of piperidine rings is 1. The van der Waals surface area contributed by atoms with Crippen molar-refractivity contribution < 1.29 is 9.90 Å². The standard InChI is InChI=1S/C22H29N3O2/c1-24(2)15-22(17-26)12-7-13-25(16-22)21(27)23-20-11-6-10-19(14-20)18-8-4-3-5-9-18/h3-6,8-11,14,26H,7,12-13,15-17H2,1-2H3,(H,23,27). The lowest BCUT2D eigenvalue weighted by atomic mass is 9.80. The maximum Gasteiger partial charge on any atom is 0.321 e. The molecule has 1 atom stereocenters. The molecule has 27 heavy (non-hydrogen) atoms. The quantitative estimate of drug-likeness (QED) is 0.850. The Kier molecular flexibility index (Phi) is 6.14. The zero-order valence-electron chi connectivity index (χ0n) is 16.2. The molecule has 2 amide bonds. The van der Waals surface area contributed by atoms with Gasteiger partial charge in [0.25, 0.3) is 0 Å². The molecule has 144 valence electrons. The van der Waals surface area contributed by atoms with E-state index < -0.39 is 0 Å². The van der Waals surface area contributed by atoms with Gasteiger partial charge in [-0.15, -0.1) is 0 Å². The van der Waals surface area contributed by atoms with Crippen LogP contribution in [0, 0.1) is 5.41 Å². The van der Waals surface area contributed by atoms with Crippen molar-refractivity contribution in [2.24, 2.45) is 5.41 Å². The highest BCUT2D eigenvalue weighted by Gasteiger charge is 2.37. The molecule has 5 heteroatoms. The summed E-state index contributed by atoms with van der Waals surface area (Å²) < 4.78 is 0. The molecule has 0 bridgehead atoms. The second kappa shape index (κ2) is 8.55. The van der Waals surface area contributed by atoms with Gasteiger partial charge >= 0.3 is 6.03 Å². The summed E-state index contributed by atoms with van der Waals surface area (Å²) in [5, 5.41) is 13.0. The number of anilines is 1. The average molecular weight is 367 g/mol. The van der Waals surface area contributed by atoms with Crippen molar-refractivity contribution in [1.29, 1.82) is 0 Å². The van der Waals surface area contributed by atoms with Gasteiger partial charge in [0.15, 0.2) is 0 Å². The van der Waals surface area contributed by atoms with Crippen molar-refractivity contribution in [2.75, 3.05) is 45.7 Å². The van der Waals surface area contributed by atoms with Gasteiger partial charge in [-0.2, -0.15) is 0 Å². The Balaban J connectivity index is 1.70. The maximum atomic E-state index is 12.8. The van der Waals surface area contributed by atoms with Crippen molar-refractivity contribution in [3.05, 3.63) is 54.6 Å². The Hall–Kier alpha value is -2.37. The van der Waals surface area contributed by atoms with Crippen LogP contribution >= 0.6 is 0 Å². The average Bonchev–Trinajstić information content (AvgIpc) is 2.68. The van der Waals surface area contributed by atoms with Gasteiger partial charge in [0.1, 0.15) is 0 Å². The molecule has 1 aliphatic rings. The Bertz CT molecular complexity index is 763. The van der Waals surface area contributed by atoms with Crippen LogP contribution in [0.1, 0.15) is 12.8 Å². The highest BCUT2D eigenvalue weighted by molar-refractivity contribution is 5.90. The van der Waals surface area contributed by atoms with Crippen LogP contribution in [0.2, 0.25) is 0 Å². The number of aliphatic hydroxyl groups is 1. The zero-order chi connectivity index (χ0) is 19.3. The summed E-state index contributed by atoms with van der Waals surface area (Å²) >= 11 is 0. The number of carbonyl (C=O) groups is 1. The summed E-state index contributed by atoms with van der Waals surface area (Å²) in [4.78, 5) is 16.7.